The molecule has 144 valence electrons. The molecule has 0 aliphatic heterocycles. The van der Waals surface area contributed by atoms with Gasteiger partial charge in [-0.3, -0.25) is 0 Å². The minimum absolute atomic E-state index is 0.257. The average molecular weight is 378 g/mol. The van der Waals surface area contributed by atoms with Gasteiger partial charge < -0.3 is 9.64 Å². The van der Waals surface area contributed by atoms with E-state index in [-0.39, 0.29) is 5.56 Å². The maximum absolute atomic E-state index is 13.7. The van der Waals surface area contributed by atoms with Crippen molar-refractivity contribution in [3.63, 3.8) is 0 Å². The van der Waals surface area contributed by atoms with Crippen LogP contribution in [0.4, 0.5) is 18.9 Å². The van der Waals surface area contributed by atoms with Crippen molar-refractivity contribution in [2.45, 2.75) is 27.4 Å². The van der Waals surface area contributed by atoms with Crippen LogP contribution in [0.1, 0.15) is 34.0 Å². The molecule has 0 bridgehead atoms. The summed E-state index contributed by atoms with van der Waals surface area (Å²) >= 11 is 0. The van der Waals surface area contributed by atoms with Gasteiger partial charge in [-0.2, -0.15) is 0 Å². The van der Waals surface area contributed by atoms with Crippen molar-refractivity contribution in [2.24, 2.45) is 4.99 Å². The lowest BCUT2D eigenvalue weighted by Gasteiger charge is -2.12. The van der Waals surface area contributed by atoms with E-state index in [1.807, 2.05) is 18.9 Å². The number of hydrogen-bond acceptors (Lipinski definition) is 3. The number of esters is 1. The zero-order chi connectivity index (χ0) is 20.1. The number of rotatable bonds is 6. The minimum Gasteiger partial charge on any atom is -0.457 e. The van der Waals surface area contributed by atoms with Gasteiger partial charge in [0.2, 0.25) is 0 Å². The summed E-state index contributed by atoms with van der Waals surface area (Å²) in [7, 11) is 1.89. The largest absolute Gasteiger partial charge is 0.457 e. The third-order valence-electron chi connectivity index (χ3n) is 4.14. The van der Waals surface area contributed by atoms with Crippen molar-refractivity contribution in [2.75, 3.05) is 13.6 Å². The Balaban J connectivity index is 2.19. The minimum atomic E-state index is -1.36. The molecular formula is C20H21F3N2O2. The maximum Gasteiger partial charge on any atom is 0.338 e. The van der Waals surface area contributed by atoms with Gasteiger partial charge >= 0.3 is 5.97 Å². The molecule has 0 heterocycles. The van der Waals surface area contributed by atoms with Gasteiger partial charge in [-0.25, -0.2) is 23.0 Å². The number of hydrogen-bond donors (Lipinski definition) is 0. The second kappa shape index (κ2) is 8.70. The highest BCUT2D eigenvalue weighted by molar-refractivity contribution is 5.92. The summed E-state index contributed by atoms with van der Waals surface area (Å²) in [4.78, 5) is 18.6. The van der Waals surface area contributed by atoms with E-state index in [4.69, 9.17) is 4.74 Å². The van der Waals surface area contributed by atoms with E-state index in [9.17, 15) is 18.0 Å². The smallest absolute Gasteiger partial charge is 0.338 e. The molecule has 0 saturated carbocycles. The molecule has 0 fully saturated rings. The van der Waals surface area contributed by atoms with Gasteiger partial charge in [0.25, 0.3) is 0 Å². The van der Waals surface area contributed by atoms with Crippen LogP contribution in [0.5, 0.6) is 0 Å². The average Bonchev–Trinajstić information content (AvgIpc) is 2.64. The van der Waals surface area contributed by atoms with Crippen LogP contribution < -0.4 is 0 Å². The SMILES string of the molecule is CCN(C)C=Nc1cc(C)c(C(=O)OCc2c(F)ccc(F)c2F)cc1C. The zero-order valence-corrected chi connectivity index (χ0v) is 15.6. The fourth-order valence-corrected chi connectivity index (χ4v) is 2.32. The monoisotopic (exact) mass is 378 g/mol. The number of nitrogens with zero attached hydrogens (tertiary/aromatic N) is 2. The lowest BCUT2D eigenvalue weighted by molar-refractivity contribution is 0.0463. The molecule has 2 aromatic carbocycles. The molecule has 0 aliphatic rings. The molecule has 2 rings (SSSR count). The summed E-state index contributed by atoms with van der Waals surface area (Å²) in [5.74, 6) is -4.28. The summed E-state index contributed by atoms with van der Waals surface area (Å²) in [6.45, 7) is 5.60. The van der Waals surface area contributed by atoms with Gasteiger partial charge in [-0.05, 0) is 56.2 Å². The Labute approximate surface area is 156 Å². The lowest BCUT2D eigenvalue weighted by Crippen LogP contribution is -2.14. The van der Waals surface area contributed by atoms with Gasteiger partial charge in [0, 0.05) is 13.6 Å². The lowest BCUT2D eigenvalue weighted by atomic mass is 10.0. The molecule has 0 aliphatic carbocycles. The first-order valence-electron chi connectivity index (χ1n) is 8.39. The first-order valence-corrected chi connectivity index (χ1v) is 8.39. The van der Waals surface area contributed by atoms with Crippen molar-refractivity contribution in [3.8, 4) is 0 Å². The van der Waals surface area contributed by atoms with E-state index in [1.165, 1.54) is 0 Å². The molecule has 0 N–H and O–H groups in total. The van der Waals surface area contributed by atoms with E-state index in [0.717, 1.165) is 18.2 Å². The molecule has 0 unspecified atom stereocenters. The van der Waals surface area contributed by atoms with Crippen LogP contribution in [0.25, 0.3) is 0 Å². The molecule has 0 amide bonds. The van der Waals surface area contributed by atoms with E-state index in [0.29, 0.717) is 17.3 Å². The quantitative estimate of drug-likeness (QED) is 0.317. The highest BCUT2D eigenvalue weighted by atomic mass is 19.2. The number of aryl methyl sites for hydroxylation is 2. The number of benzene rings is 2. The molecule has 0 radical (unpaired) electrons. The van der Waals surface area contributed by atoms with Crippen LogP contribution in [-0.4, -0.2) is 30.8 Å². The highest BCUT2D eigenvalue weighted by Gasteiger charge is 2.18. The summed E-state index contributed by atoms with van der Waals surface area (Å²) in [6, 6.07) is 4.81. The van der Waals surface area contributed by atoms with Gasteiger partial charge in [0.15, 0.2) is 11.6 Å². The highest BCUT2D eigenvalue weighted by Crippen LogP contribution is 2.24. The molecule has 27 heavy (non-hydrogen) atoms. The Bertz CT molecular complexity index is 882. The van der Waals surface area contributed by atoms with Gasteiger partial charge in [0.1, 0.15) is 12.4 Å². The molecule has 4 nitrogen and oxygen atoms in total. The molecule has 0 aromatic heterocycles. The van der Waals surface area contributed by atoms with E-state index < -0.39 is 35.6 Å². The molecule has 2 aromatic rings. The van der Waals surface area contributed by atoms with Crippen LogP contribution in [0, 0.1) is 31.3 Å². The van der Waals surface area contributed by atoms with Crippen molar-refractivity contribution in [1.82, 2.24) is 4.90 Å². The van der Waals surface area contributed by atoms with Gasteiger partial charge in [-0.1, -0.05) is 0 Å². The summed E-state index contributed by atoms with van der Waals surface area (Å²) < 4.78 is 45.5. The fourth-order valence-electron chi connectivity index (χ4n) is 2.32. The van der Waals surface area contributed by atoms with Gasteiger partial charge in [-0.15, -0.1) is 0 Å². The Morgan fingerprint density at radius 1 is 1.15 bits per heavy atom. The Morgan fingerprint density at radius 2 is 1.81 bits per heavy atom. The van der Waals surface area contributed by atoms with Crippen LogP contribution >= 0.6 is 0 Å². The third kappa shape index (κ3) is 4.87. The Kier molecular flexibility index (Phi) is 6.60. The van der Waals surface area contributed by atoms with Crippen LogP contribution in [0.2, 0.25) is 0 Å². The molecule has 0 spiro atoms. The molecular weight excluding hydrogens is 357 g/mol. The molecule has 7 heteroatoms. The van der Waals surface area contributed by atoms with E-state index in [2.05, 4.69) is 4.99 Å². The summed E-state index contributed by atoms with van der Waals surface area (Å²) in [6.07, 6.45) is 1.69. The number of carbonyl (C=O) groups is 1. The Morgan fingerprint density at radius 3 is 2.48 bits per heavy atom. The summed E-state index contributed by atoms with van der Waals surface area (Å²) in [5.41, 5.74) is 1.69. The van der Waals surface area contributed by atoms with Crippen LogP contribution in [-0.2, 0) is 11.3 Å². The van der Waals surface area contributed by atoms with Crippen LogP contribution in [0.15, 0.2) is 29.3 Å². The second-order valence-corrected chi connectivity index (χ2v) is 6.17. The van der Waals surface area contributed by atoms with E-state index in [1.54, 1.807) is 32.3 Å². The number of aliphatic imine (C=N–C) groups is 1. The standard InChI is InChI=1S/C20H21F3N2O2/c1-5-25(4)11-24-18-9-12(2)14(8-13(18)3)20(26)27-10-15-16(21)6-7-17(22)19(15)23/h6-9,11H,5,10H2,1-4H3. The van der Waals surface area contributed by atoms with Crippen LogP contribution in [0.3, 0.4) is 0 Å². The molecule has 0 atom stereocenters. The van der Waals surface area contributed by atoms with Crippen molar-refractivity contribution in [1.29, 1.82) is 0 Å². The normalized spacial score (nSPS) is 11.1. The number of halogens is 3. The zero-order valence-electron chi connectivity index (χ0n) is 15.6. The van der Waals surface area contributed by atoms with Crippen molar-refractivity contribution < 1.29 is 22.7 Å². The second-order valence-electron chi connectivity index (χ2n) is 6.17. The number of carbonyl (C=O) groups excluding carboxylic acids is 1. The first-order chi connectivity index (χ1) is 12.7. The Hall–Kier alpha value is -2.83. The van der Waals surface area contributed by atoms with Gasteiger partial charge in [0.05, 0.1) is 23.2 Å². The summed E-state index contributed by atoms with van der Waals surface area (Å²) in [5, 5.41) is 0. The van der Waals surface area contributed by atoms with E-state index >= 15 is 0 Å². The predicted octanol–water partition coefficient (Wildman–Crippen LogP) is 4.69. The first kappa shape index (κ1) is 20.5. The predicted molar refractivity (Wildman–Crippen MR) is 97.8 cm³/mol. The fraction of sp³-hybridized carbons (Fsp3) is 0.300. The maximum atomic E-state index is 13.7. The van der Waals surface area contributed by atoms with Crippen molar-refractivity contribution >= 4 is 18.0 Å². The molecule has 0 saturated heterocycles. The third-order valence-corrected chi connectivity index (χ3v) is 4.14. The topological polar surface area (TPSA) is 41.9 Å². The van der Waals surface area contributed by atoms with Crippen molar-refractivity contribution in [3.05, 3.63) is 64.0 Å². The number of ether oxygens (including phenoxy) is 1.